The van der Waals surface area contributed by atoms with Gasteiger partial charge in [-0.2, -0.15) is 13.2 Å². The normalized spacial score (nSPS) is 12.8. The fourth-order valence-electron chi connectivity index (χ4n) is 2.41. The number of rotatable bonds is 2. The van der Waals surface area contributed by atoms with E-state index in [1.165, 1.54) is 24.3 Å². The average Bonchev–Trinajstić information content (AvgIpc) is 2.82. The highest BCUT2D eigenvalue weighted by molar-refractivity contribution is 9.10. The van der Waals surface area contributed by atoms with Gasteiger partial charge in [-0.1, -0.05) is 57.9 Å². The molecule has 1 heterocycles. The van der Waals surface area contributed by atoms with Crippen LogP contribution in [0.1, 0.15) is 5.56 Å². The van der Waals surface area contributed by atoms with Gasteiger partial charge in [0.25, 0.3) is 0 Å². The molecule has 0 fully saturated rings. The van der Waals surface area contributed by atoms with Crippen LogP contribution >= 0.6 is 27.5 Å². The molecule has 0 aliphatic carbocycles. The highest BCUT2D eigenvalue weighted by Crippen LogP contribution is 2.37. The Kier molecular flexibility index (Phi) is 4.16. The molecule has 0 saturated carbocycles. The van der Waals surface area contributed by atoms with Gasteiger partial charge in [0.1, 0.15) is 0 Å². The van der Waals surface area contributed by atoms with E-state index in [1.807, 2.05) is 18.2 Å². The number of nitrogens with two attached hydrogens (primary N) is 2. The lowest BCUT2D eigenvalue weighted by Crippen LogP contribution is -2.57. The summed E-state index contributed by atoms with van der Waals surface area (Å²) in [4.78, 5) is 3.16. The van der Waals surface area contributed by atoms with Gasteiger partial charge in [0.2, 0.25) is 0 Å². The number of benzene rings is 2. The summed E-state index contributed by atoms with van der Waals surface area (Å²) < 4.78 is 39.6. The van der Waals surface area contributed by atoms with Gasteiger partial charge in [-0.25, -0.2) is 0 Å². The molecule has 0 radical (unpaired) electrons. The molecule has 3 aromatic rings. The van der Waals surface area contributed by atoms with Crippen molar-refractivity contribution in [2.24, 2.45) is 11.5 Å². The van der Waals surface area contributed by atoms with E-state index in [-0.39, 0.29) is 5.56 Å². The summed E-state index contributed by atoms with van der Waals surface area (Å²) in [6, 6.07) is 11.1. The summed E-state index contributed by atoms with van der Waals surface area (Å²) in [7, 11) is 0. The molecule has 24 heavy (non-hydrogen) atoms. The first-order valence-electron chi connectivity index (χ1n) is 6.83. The van der Waals surface area contributed by atoms with Crippen molar-refractivity contribution in [3.63, 3.8) is 0 Å². The van der Waals surface area contributed by atoms with Crippen molar-refractivity contribution in [3.8, 4) is 11.3 Å². The molecule has 0 amide bonds. The molecule has 1 aromatic heterocycles. The van der Waals surface area contributed by atoms with Crippen molar-refractivity contribution in [3.05, 3.63) is 57.5 Å². The lowest BCUT2D eigenvalue weighted by Gasteiger charge is -2.27. The van der Waals surface area contributed by atoms with Crippen molar-refractivity contribution >= 4 is 38.4 Å². The zero-order valence-corrected chi connectivity index (χ0v) is 14.4. The molecule has 5 N–H and O–H groups in total. The molecule has 0 bridgehead atoms. The second-order valence-corrected chi connectivity index (χ2v) is 6.74. The highest BCUT2D eigenvalue weighted by Gasteiger charge is 2.50. The Labute approximate surface area is 148 Å². The molecule has 0 atom stereocenters. The van der Waals surface area contributed by atoms with Crippen LogP contribution in [0.15, 0.2) is 46.9 Å². The SMILES string of the molecule is NC(N)(c1ccc(-c2[nH]c3cc(Br)ccc3c2Cl)cc1)C(F)(F)F. The lowest BCUT2D eigenvalue weighted by molar-refractivity contribution is -0.188. The number of halogens is 5. The maximum Gasteiger partial charge on any atom is 0.423 e. The van der Waals surface area contributed by atoms with E-state index in [0.29, 0.717) is 16.3 Å². The zero-order valence-electron chi connectivity index (χ0n) is 12.1. The number of fused-ring (bicyclic) bond motifs is 1. The second kappa shape index (κ2) is 5.77. The van der Waals surface area contributed by atoms with Crippen LogP contribution in [0, 0.1) is 0 Å². The summed E-state index contributed by atoms with van der Waals surface area (Å²) in [6.45, 7) is 0. The van der Waals surface area contributed by atoms with E-state index in [9.17, 15) is 13.2 Å². The van der Waals surface area contributed by atoms with E-state index in [4.69, 9.17) is 23.1 Å². The number of aromatic nitrogens is 1. The molecular formula is C16H12BrClF3N3. The molecule has 126 valence electrons. The first-order valence-corrected chi connectivity index (χ1v) is 8.00. The Morgan fingerprint density at radius 1 is 1.00 bits per heavy atom. The number of hydrogen-bond donors (Lipinski definition) is 3. The maximum atomic E-state index is 12.9. The molecule has 3 nitrogen and oxygen atoms in total. The molecular weight excluding hydrogens is 407 g/mol. The minimum atomic E-state index is -4.75. The van der Waals surface area contributed by atoms with Gasteiger partial charge in [0, 0.05) is 15.4 Å². The Morgan fingerprint density at radius 2 is 1.62 bits per heavy atom. The molecule has 0 aliphatic rings. The summed E-state index contributed by atoms with van der Waals surface area (Å²) in [5.41, 5.74) is 9.38. The number of aromatic amines is 1. The first-order chi connectivity index (χ1) is 11.1. The van der Waals surface area contributed by atoms with Gasteiger partial charge in [-0.15, -0.1) is 0 Å². The number of hydrogen-bond acceptors (Lipinski definition) is 2. The molecule has 0 unspecified atom stereocenters. The summed E-state index contributed by atoms with van der Waals surface area (Å²) in [5.74, 6) is 0. The second-order valence-electron chi connectivity index (χ2n) is 5.45. The van der Waals surface area contributed by atoms with Crippen molar-refractivity contribution in [2.75, 3.05) is 0 Å². The summed E-state index contributed by atoms with van der Waals surface area (Å²) >= 11 is 9.75. The van der Waals surface area contributed by atoms with Gasteiger partial charge >= 0.3 is 6.18 Å². The van der Waals surface area contributed by atoms with E-state index >= 15 is 0 Å². The fourth-order valence-corrected chi connectivity index (χ4v) is 3.09. The molecule has 0 saturated heterocycles. The van der Waals surface area contributed by atoms with Crippen LogP contribution in [0.2, 0.25) is 5.02 Å². The summed E-state index contributed by atoms with van der Waals surface area (Å²) in [6.07, 6.45) is -4.75. The predicted molar refractivity (Wildman–Crippen MR) is 92.6 cm³/mol. The van der Waals surface area contributed by atoms with E-state index in [1.54, 1.807) is 0 Å². The van der Waals surface area contributed by atoms with E-state index in [2.05, 4.69) is 20.9 Å². The van der Waals surface area contributed by atoms with Crippen LogP contribution in [-0.2, 0) is 5.66 Å². The van der Waals surface area contributed by atoms with Crippen LogP contribution in [0.5, 0.6) is 0 Å². The van der Waals surface area contributed by atoms with Crippen LogP contribution in [0.3, 0.4) is 0 Å². The van der Waals surface area contributed by atoms with Crippen molar-refractivity contribution in [1.29, 1.82) is 0 Å². The molecule has 3 rings (SSSR count). The van der Waals surface area contributed by atoms with Gasteiger partial charge in [0.05, 0.1) is 10.7 Å². The van der Waals surface area contributed by atoms with Gasteiger partial charge in [-0.05, 0) is 23.3 Å². The number of alkyl halides is 3. The van der Waals surface area contributed by atoms with Gasteiger partial charge < -0.3 is 16.5 Å². The third kappa shape index (κ3) is 2.82. The monoisotopic (exact) mass is 417 g/mol. The van der Waals surface area contributed by atoms with Crippen molar-refractivity contribution < 1.29 is 13.2 Å². The van der Waals surface area contributed by atoms with Crippen LogP contribution < -0.4 is 11.5 Å². The maximum absolute atomic E-state index is 12.9. The van der Waals surface area contributed by atoms with Crippen LogP contribution in [0.4, 0.5) is 13.2 Å². The molecule has 0 spiro atoms. The molecule has 0 aliphatic heterocycles. The van der Waals surface area contributed by atoms with Crippen molar-refractivity contribution in [1.82, 2.24) is 4.98 Å². The first kappa shape index (κ1) is 17.3. The number of nitrogens with one attached hydrogen (secondary N) is 1. The molecule has 2 aromatic carbocycles. The lowest BCUT2D eigenvalue weighted by atomic mass is 9.98. The van der Waals surface area contributed by atoms with Gasteiger partial charge in [-0.3, -0.25) is 0 Å². The quantitative estimate of drug-likeness (QED) is 0.519. The molecule has 8 heteroatoms. The van der Waals surface area contributed by atoms with Crippen molar-refractivity contribution in [2.45, 2.75) is 11.8 Å². The third-order valence-corrected chi connectivity index (χ3v) is 4.70. The van der Waals surface area contributed by atoms with Crippen LogP contribution in [0.25, 0.3) is 22.2 Å². The average molecular weight is 419 g/mol. The standard InChI is InChI=1S/C16H12BrClF3N3/c17-10-5-6-11-12(7-10)24-14(13(11)18)8-1-3-9(4-2-8)15(22,23)16(19,20)21/h1-7,24H,22-23H2. The summed E-state index contributed by atoms with van der Waals surface area (Å²) in [5, 5.41) is 1.31. The third-order valence-electron chi connectivity index (χ3n) is 3.82. The van der Waals surface area contributed by atoms with Crippen LogP contribution in [-0.4, -0.2) is 11.2 Å². The Hall–Kier alpha value is -1.54. The Morgan fingerprint density at radius 3 is 2.21 bits per heavy atom. The Bertz CT molecular complexity index is 901. The van der Waals surface area contributed by atoms with Gasteiger partial charge in [0.15, 0.2) is 5.66 Å². The smallest absolute Gasteiger partial charge is 0.353 e. The predicted octanol–water partition coefficient (Wildman–Crippen LogP) is 4.88. The zero-order chi connectivity index (χ0) is 17.7. The largest absolute Gasteiger partial charge is 0.423 e. The Balaban J connectivity index is 2.04. The minimum Gasteiger partial charge on any atom is -0.353 e. The highest BCUT2D eigenvalue weighted by atomic mass is 79.9. The minimum absolute atomic E-state index is 0.228. The number of H-pyrrole nitrogens is 1. The van der Waals surface area contributed by atoms with E-state index < -0.39 is 11.8 Å². The fraction of sp³-hybridized carbons (Fsp3) is 0.125. The topological polar surface area (TPSA) is 67.8 Å². The van der Waals surface area contributed by atoms with E-state index in [0.717, 1.165) is 15.4 Å².